The van der Waals surface area contributed by atoms with Crippen molar-refractivity contribution >= 4 is 24.2 Å². The summed E-state index contributed by atoms with van der Waals surface area (Å²) in [5, 5.41) is 4.18. The zero-order valence-electron chi connectivity index (χ0n) is 7.26. The van der Waals surface area contributed by atoms with E-state index < -0.39 is 0 Å². The summed E-state index contributed by atoms with van der Waals surface area (Å²) < 4.78 is 0. The lowest BCUT2D eigenvalue weighted by atomic mass is 9.98. The first-order valence-corrected chi connectivity index (χ1v) is 5.29. The molecule has 13 heavy (non-hydrogen) atoms. The molecule has 0 spiro atoms. The highest BCUT2D eigenvalue weighted by Crippen LogP contribution is 2.30. The topological polar surface area (TPSA) is 12.0 Å². The van der Waals surface area contributed by atoms with E-state index in [2.05, 4.69) is 24.0 Å². The molecule has 0 bridgehead atoms. The van der Waals surface area contributed by atoms with Gasteiger partial charge in [0, 0.05) is 16.5 Å². The second-order valence-corrected chi connectivity index (χ2v) is 4.32. The van der Waals surface area contributed by atoms with Crippen LogP contribution in [-0.4, -0.2) is 13.1 Å². The number of hydrogen-bond acceptors (Lipinski definition) is 2. The minimum absolute atomic E-state index is 0.585. The van der Waals surface area contributed by atoms with Crippen molar-refractivity contribution in [3.05, 3.63) is 28.8 Å². The summed E-state index contributed by atoms with van der Waals surface area (Å²) >= 11 is 10.4. The third-order valence-electron chi connectivity index (χ3n) is 2.48. The molecule has 2 rings (SSSR count). The van der Waals surface area contributed by atoms with Crippen LogP contribution in [0.4, 0.5) is 0 Å². The van der Waals surface area contributed by atoms with Gasteiger partial charge in [-0.1, -0.05) is 17.7 Å². The van der Waals surface area contributed by atoms with Crippen LogP contribution < -0.4 is 5.32 Å². The van der Waals surface area contributed by atoms with E-state index in [1.54, 1.807) is 0 Å². The summed E-state index contributed by atoms with van der Waals surface area (Å²) in [7, 11) is 0. The van der Waals surface area contributed by atoms with Gasteiger partial charge in [0.15, 0.2) is 0 Å². The molecule has 1 aliphatic rings. The second-order valence-electron chi connectivity index (χ2n) is 3.40. The first kappa shape index (κ1) is 9.38. The maximum atomic E-state index is 6.13. The van der Waals surface area contributed by atoms with Crippen molar-refractivity contribution < 1.29 is 0 Å². The predicted molar refractivity (Wildman–Crippen MR) is 58.9 cm³/mol. The lowest BCUT2D eigenvalue weighted by Crippen LogP contribution is -2.08. The Morgan fingerprint density at radius 2 is 2.31 bits per heavy atom. The summed E-state index contributed by atoms with van der Waals surface area (Å²) in [4.78, 5) is 0.930. The molecule has 1 N–H and O–H groups in total. The van der Waals surface area contributed by atoms with Crippen molar-refractivity contribution in [2.75, 3.05) is 13.1 Å². The molecule has 3 heteroatoms. The average molecular weight is 214 g/mol. The molecule has 1 aromatic carbocycles. The van der Waals surface area contributed by atoms with E-state index in [1.807, 2.05) is 12.1 Å². The van der Waals surface area contributed by atoms with Gasteiger partial charge in [0.2, 0.25) is 0 Å². The Labute approximate surface area is 88.9 Å². The summed E-state index contributed by atoms with van der Waals surface area (Å²) in [6, 6.07) is 6.00. The maximum absolute atomic E-state index is 6.13. The van der Waals surface area contributed by atoms with Crippen LogP contribution in [0.3, 0.4) is 0 Å². The molecule has 0 aliphatic carbocycles. The molecular formula is C10H12ClNS. The van der Waals surface area contributed by atoms with Crippen LogP contribution in [0.2, 0.25) is 5.02 Å². The second kappa shape index (κ2) is 3.91. The van der Waals surface area contributed by atoms with E-state index in [1.165, 1.54) is 12.0 Å². The highest BCUT2D eigenvalue weighted by atomic mass is 35.5. The van der Waals surface area contributed by atoms with Gasteiger partial charge in [0.1, 0.15) is 0 Å². The van der Waals surface area contributed by atoms with Gasteiger partial charge in [-0.05, 0) is 36.6 Å². The van der Waals surface area contributed by atoms with E-state index in [9.17, 15) is 0 Å². The van der Waals surface area contributed by atoms with Gasteiger partial charge < -0.3 is 5.32 Å². The number of nitrogens with one attached hydrogen (secondary N) is 1. The monoisotopic (exact) mass is 213 g/mol. The zero-order chi connectivity index (χ0) is 9.26. The number of benzene rings is 1. The van der Waals surface area contributed by atoms with Crippen molar-refractivity contribution in [2.45, 2.75) is 17.2 Å². The first-order valence-electron chi connectivity index (χ1n) is 4.46. The number of hydrogen-bond donors (Lipinski definition) is 2. The largest absolute Gasteiger partial charge is 0.316 e. The van der Waals surface area contributed by atoms with Gasteiger partial charge in [0.05, 0.1) is 0 Å². The highest BCUT2D eigenvalue weighted by molar-refractivity contribution is 7.80. The van der Waals surface area contributed by atoms with Gasteiger partial charge in [-0.2, -0.15) is 0 Å². The molecule has 0 radical (unpaired) electrons. The summed E-state index contributed by atoms with van der Waals surface area (Å²) in [5.41, 5.74) is 1.25. The number of halogens is 1. The Hall–Kier alpha value is -0.180. The Morgan fingerprint density at radius 3 is 2.92 bits per heavy atom. The van der Waals surface area contributed by atoms with E-state index in [-0.39, 0.29) is 0 Å². The molecule has 1 fully saturated rings. The van der Waals surface area contributed by atoms with E-state index in [0.29, 0.717) is 5.92 Å². The molecule has 1 saturated heterocycles. The molecule has 0 amide bonds. The van der Waals surface area contributed by atoms with Crippen LogP contribution in [0, 0.1) is 0 Å². The van der Waals surface area contributed by atoms with Crippen molar-refractivity contribution in [3.63, 3.8) is 0 Å². The van der Waals surface area contributed by atoms with Crippen molar-refractivity contribution in [2.24, 2.45) is 0 Å². The molecule has 1 aliphatic heterocycles. The molecule has 0 aromatic heterocycles. The van der Waals surface area contributed by atoms with Crippen molar-refractivity contribution in [1.29, 1.82) is 0 Å². The Balaban J connectivity index is 2.29. The quantitative estimate of drug-likeness (QED) is 0.684. The highest BCUT2D eigenvalue weighted by Gasteiger charge is 2.18. The van der Waals surface area contributed by atoms with Gasteiger partial charge in [-0.3, -0.25) is 0 Å². The van der Waals surface area contributed by atoms with E-state index >= 15 is 0 Å². The third-order valence-corrected chi connectivity index (χ3v) is 3.09. The normalized spacial score (nSPS) is 22.2. The van der Waals surface area contributed by atoms with E-state index in [4.69, 9.17) is 11.6 Å². The Morgan fingerprint density at radius 1 is 1.46 bits per heavy atom. The Bertz CT molecular complexity index is 308. The molecule has 0 saturated carbocycles. The fourth-order valence-corrected chi connectivity index (χ4v) is 2.38. The number of rotatable bonds is 1. The minimum Gasteiger partial charge on any atom is -0.316 e. The molecule has 1 heterocycles. The summed E-state index contributed by atoms with van der Waals surface area (Å²) in [6.45, 7) is 2.15. The predicted octanol–water partition coefficient (Wildman–Crippen LogP) is 2.71. The minimum atomic E-state index is 0.585. The van der Waals surface area contributed by atoms with Crippen LogP contribution in [-0.2, 0) is 0 Å². The Kier molecular flexibility index (Phi) is 2.82. The standard InChI is InChI=1S/C10H12ClNS/c11-10-5-8(13)1-2-9(10)7-3-4-12-6-7/h1-2,5,7,12-13H,3-4,6H2/t7-/m1/s1. The lowest BCUT2D eigenvalue weighted by Gasteiger charge is -2.10. The zero-order valence-corrected chi connectivity index (χ0v) is 8.91. The molecule has 1 aromatic rings. The van der Waals surface area contributed by atoms with Crippen LogP contribution in [0.15, 0.2) is 23.1 Å². The van der Waals surface area contributed by atoms with E-state index in [0.717, 1.165) is 23.0 Å². The average Bonchev–Trinajstić information content (AvgIpc) is 2.56. The maximum Gasteiger partial charge on any atom is 0.0452 e. The van der Waals surface area contributed by atoms with Gasteiger partial charge in [-0.25, -0.2) is 0 Å². The molecule has 0 unspecified atom stereocenters. The fraction of sp³-hybridized carbons (Fsp3) is 0.400. The van der Waals surface area contributed by atoms with Crippen molar-refractivity contribution in [1.82, 2.24) is 5.32 Å². The number of thiol groups is 1. The smallest absolute Gasteiger partial charge is 0.0452 e. The van der Waals surface area contributed by atoms with Gasteiger partial charge in [-0.15, -0.1) is 12.6 Å². The molecular weight excluding hydrogens is 202 g/mol. The fourth-order valence-electron chi connectivity index (χ4n) is 1.77. The molecule has 70 valence electrons. The van der Waals surface area contributed by atoms with Crippen molar-refractivity contribution in [3.8, 4) is 0 Å². The third kappa shape index (κ3) is 2.01. The summed E-state index contributed by atoms with van der Waals surface area (Å²) in [6.07, 6.45) is 1.19. The SMILES string of the molecule is Sc1ccc([C@@H]2CCNC2)c(Cl)c1. The van der Waals surface area contributed by atoms with Gasteiger partial charge in [0.25, 0.3) is 0 Å². The van der Waals surface area contributed by atoms with Gasteiger partial charge >= 0.3 is 0 Å². The molecule has 1 atom stereocenters. The lowest BCUT2D eigenvalue weighted by molar-refractivity contribution is 0.763. The summed E-state index contributed by atoms with van der Waals surface area (Å²) in [5.74, 6) is 0.585. The molecule has 1 nitrogen and oxygen atoms in total. The van der Waals surface area contributed by atoms with Crippen LogP contribution >= 0.6 is 24.2 Å². The first-order chi connectivity index (χ1) is 6.27. The van der Waals surface area contributed by atoms with Crippen LogP contribution in [0.5, 0.6) is 0 Å². The van der Waals surface area contributed by atoms with Crippen LogP contribution in [0.25, 0.3) is 0 Å². The van der Waals surface area contributed by atoms with Crippen LogP contribution in [0.1, 0.15) is 17.9 Å².